The molecule has 2 N–H and O–H groups in total. The molecule has 1 saturated heterocycles. The minimum absolute atomic E-state index is 0.351. The standard InChI is InChI=1S/C20H22ClN3O2/c21-17-7-3-16(4-8-17)13-24-11-1-2-18(14-24)23-19-9-5-15(12-22-19)6-10-20(25)26/h3-10,12,18H,1-2,11,13-14H2,(H,22,23)(H,25,26)/t18-/m1/s1. The molecule has 0 saturated carbocycles. The third-order valence-electron chi connectivity index (χ3n) is 4.38. The summed E-state index contributed by atoms with van der Waals surface area (Å²) in [5, 5.41) is 12.9. The lowest BCUT2D eigenvalue weighted by Gasteiger charge is -2.33. The van der Waals surface area contributed by atoms with Gasteiger partial charge in [-0.25, -0.2) is 9.78 Å². The Kier molecular flexibility index (Phi) is 6.26. The minimum atomic E-state index is -0.963. The number of halogens is 1. The zero-order valence-corrected chi connectivity index (χ0v) is 15.2. The number of carboxylic acid groups (broad SMARTS) is 1. The van der Waals surface area contributed by atoms with Crippen molar-refractivity contribution in [2.24, 2.45) is 0 Å². The number of rotatable bonds is 6. The molecule has 3 rings (SSSR count). The first-order valence-electron chi connectivity index (χ1n) is 8.69. The number of carbonyl (C=O) groups is 1. The van der Waals surface area contributed by atoms with E-state index in [1.54, 1.807) is 6.20 Å². The lowest BCUT2D eigenvalue weighted by atomic mass is 10.0. The van der Waals surface area contributed by atoms with E-state index >= 15 is 0 Å². The molecule has 0 unspecified atom stereocenters. The second-order valence-electron chi connectivity index (χ2n) is 6.49. The van der Waals surface area contributed by atoms with E-state index in [0.717, 1.165) is 55.0 Å². The van der Waals surface area contributed by atoms with Crippen LogP contribution in [0.3, 0.4) is 0 Å². The fraction of sp³-hybridized carbons (Fsp3) is 0.300. The Morgan fingerprint density at radius 3 is 2.81 bits per heavy atom. The molecule has 0 radical (unpaired) electrons. The zero-order chi connectivity index (χ0) is 18.4. The number of aliphatic carboxylic acids is 1. The maximum absolute atomic E-state index is 10.5. The highest BCUT2D eigenvalue weighted by molar-refractivity contribution is 6.30. The Hall–Kier alpha value is -2.37. The van der Waals surface area contributed by atoms with Crippen molar-refractivity contribution in [1.82, 2.24) is 9.88 Å². The van der Waals surface area contributed by atoms with E-state index in [4.69, 9.17) is 16.7 Å². The average molecular weight is 372 g/mol. The SMILES string of the molecule is O=C(O)C=Cc1ccc(N[C@@H]2CCCN(Cc3ccc(Cl)cc3)C2)nc1. The number of hydrogen-bond donors (Lipinski definition) is 2. The van der Waals surface area contributed by atoms with Gasteiger partial charge in [-0.05, 0) is 60.9 Å². The maximum Gasteiger partial charge on any atom is 0.328 e. The van der Waals surface area contributed by atoms with Gasteiger partial charge in [0.15, 0.2) is 0 Å². The van der Waals surface area contributed by atoms with Gasteiger partial charge >= 0.3 is 5.97 Å². The number of nitrogens with zero attached hydrogens (tertiary/aromatic N) is 2. The fourth-order valence-corrected chi connectivity index (χ4v) is 3.26. The third kappa shape index (κ3) is 5.58. The molecular weight excluding hydrogens is 350 g/mol. The molecule has 1 aromatic carbocycles. The van der Waals surface area contributed by atoms with Gasteiger partial charge in [0, 0.05) is 36.4 Å². The largest absolute Gasteiger partial charge is 0.478 e. The van der Waals surface area contributed by atoms with Crippen LogP contribution in [0.25, 0.3) is 6.08 Å². The highest BCUT2D eigenvalue weighted by Gasteiger charge is 2.20. The quantitative estimate of drug-likeness (QED) is 0.754. The summed E-state index contributed by atoms with van der Waals surface area (Å²) in [6, 6.07) is 12.1. The van der Waals surface area contributed by atoms with Crippen LogP contribution in [0.2, 0.25) is 5.02 Å². The number of hydrogen-bond acceptors (Lipinski definition) is 4. The first kappa shape index (κ1) is 18.4. The molecule has 1 fully saturated rings. The van der Waals surface area contributed by atoms with Gasteiger partial charge in [0.25, 0.3) is 0 Å². The van der Waals surface area contributed by atoms with Crippen molar-refractivity contribution in [2.75, 3.05) is 18.4 Å². The van der Waals surface area contributed by atoms with Gasteiger partial charge in [-0.3, -0.25) is 4.90 Å². The number of carboxylic acids is 1. The summed E-state index contributed by atoms with van der Waals surface area (Å²) >= 11 is 5.95. The van der Waals surface area contributed by atoms with Crippen LogP contribution >= 0.6 is 11.6 Å². The zero-order valence-electron chi connectivity index (χ0n) is 14.4. The van der Waals surface area contributed by atoms with Gasteiger partial charge in [-0.1, -0.05) is 23.7 Å². The molecule has 6 heteroatoms. The number of likely N-dealkylation sites (tertiary alicyclic amines) is 1. The number of nitrogens with one attached hydrogen (secondary N) is 1. The predicted molar refractivity (Wildman–Crippen MR) is 104 cm³/mol. The third-order valence-corrected chi connectivity index (χ3v) is 4.63. The first-order valence-corrected chi connectivity index (χ1v) is 9.07. The molecule has 1 aliphatic rings. The molecule has 0 bridgehead atoms. The molecule has 1 aliphatic heterocycles. The summed E-state index contributed by atoms with van der Waals surface area (Å²) in [7, 11) is 0. The molecule has 136 valence electrons. The van der Waals surface area contributed by atoms with Crippen LogP contribution in [0.4, 0.5) is 5.82 Å². The van der Waals surface area contributed by atoms with Gasteiger partial charge in [-0.2, -0.15) is 0 Å². The van der Waals surface area contributed by atoms with Crippen molar-refractivity contribution >= 4 is 29.5 Å². The Bertz CT molecular complexity index is 760. The summed E-state index contributed by atoms with van der Waals surface area (Å²) in [6.07, 6.45) is 6.58. The molecule has 1 atom stereocenters. The van der Waals surface area contributed by atoms with Crippen molar-refractivity contribution in [2.45, 2.75) is 25.4 Å². The van der Waals surface area contributed by atoms with Gasteiger partial charge in [0.2, 0.25) is 0 Å². The summed E-state index contributed by atoms with van der Waals surface area (Å²) in [5.74, 6) is -0.147. The normalized spacial score (nSPS) is 18.1. The van der Waals surface area contributed by atoms with E-state index in [1.165, 1.54) is 11.6 Å². The Morgan fingerprint density at radius 1 is 1.31 bits per heavy atom. The average Bonchev–Trinajstić information content (AvgIpc) is 2.63. The van der Waals surface area contributed by atoms with E-state index in [-0.39, 0.29) is 0 Å². The van der Waals surface area contributed by atoms with Crippen LogP contribution in [0.1, 0.15) is 24.0 Å². The van der Waals surface area contributed by atoms with Crippen LogP contribution in [0.15, 0.2) is 48.7 Å². The monoisotopic (exact) mass is 371 g/mol. The lowest BCUT2D eigenvalue weighted by Crippen LogP contribution is -2.41. The minimum Gasteiger partial charge on any atom is -0.478 e. The van der Waals surface area contributed by atoms with E-state index in [9.17, 15) is 4.79 Å². The summed E-state index contributed by atoms with van der Waals surface area (Å²) in [6.45, 7) is 2.97. The molecule has 5 nitrogen and oxygen atoms in total. The molecule has 2 aromatic rings. The van der Waals surface area contributed by atoms with Crippen molar-refractivity contribution < 1.29 is 9.90 Å². The van der Waals surface area contributed by atoms with Gasteiger partial charge in [0.05, 0.1) is 0 Å². The summed E-state index contributed by atoms with van der Waals surface area (Å²) < 4.78 is 0. The molecular formula is C20H22ClN3O2. The molecule has 26 heavy (non-hydrogen) atoms. The highest BCUT2D eigenvalue weighted by Crippen LogP contribution is 2.18. The van der Waals surface area contributed by atoms with Gasteiger partial charge < -0.3 is 10.4 Å². The van der Waals surface area contributed by atoms with Crippen LogP contribution in [-0.4, -0.2) is 40.1 Å². The van der Waals surface area contributed by atoms with Crippen LogP contribution in [-0.2, 0) is 11.3 Å². The van der Waals surface area contributed by atoms with Crippen molar-refractivity contribution in [3.05, 3.63) is 64.8 Å². The maximum atomic E-state index is 10.5. The number of benzene rings is 1. The lowest BCUT2D eigenvalue weighted by molar-refractivity contribution is -0.131. The molecule has 2 heterocycles. The van der Waals surface area contributed by atoms with Crippen LogP contribution < -0.4 is 5.32 Å². The molecule has 0 spiro atoms. The number of pyridine rings is 1. The summed E-state index contributed by atoms with van der Waals surface area (Å²) in [5.41, 5.74) is 2.04. The number of anilines is 1. The van der Waals surface area contributed by atoms with Crippen molar-refractivity contribution in [3.63, 3.8) is 0 Å². The highest BCUT2D eigenvalue weighted by atomic mass is 35.5. The summed E-state index contributed by atoms with van der Waals surface area (Å²) in [4.78, 5) is 17.4. The molecule has 1 aromatic heterocycles. The second kappa shape index (κ2) is 8.83. The first-order chi connectivity index (χ1) is 12.6. The van der Waals surface area contributed by atoms with E-state index in [1.807, 2.05) is 24.3 Å². The van der Waals surface area contributed by atoms with Crippen LogP contribution in [0, 0.1) is 0 Å². The topological polar surface area (TPSA) is 65.5 Å². The van der Waals surface area contributed by atoms with Crippen molar-refractivity contribution in [3.8, 4) is 0 Å². The predicted octanol–water partition coefficient (Wildman–Crippen LogP) is 3.91. The number of piperidine rings is 1. The Balaban J connectivity index is 1.54. The van der Waals surface area contributed by atoms with E-state index < -0.39 is 5.97 Å². The van der Waals surface area contributed by atoms with E-state index in [0.29, 0.717) is 6.04 Å². The van der Waals surface area contributed by atoms with Crippen molar-refractivity contribution in [1.29, 1.82) is 0 Å². The molecule has 0 amide bonds. The van der Waals surface area contributed by atoms with Gasteiger partial charge in [0.1, 0.15) is 5.82 Å². The fourth-order valence-electron chi connectivity index (χ4n) is 3.13. The van der Waals surface area contributed by atoms with E-state index in [2.05, 4.69) is 27.3 Å². The number of aromatic nitrogens is 1. The smallest absolute Gasteiger partial charge is 0.328 e. The Labute approximate surface area is 158 Å². The second-order valence-corrected chi connectivity index (χ2v) is 6.93. The Morgan fingerprint density at radius 2 is 2.12 bits per heavy atom. The van der Waals surface area contributed by atoms with Crippen LogP contribution in [0.5, 0.6) is 0 Å². The molecule has 0 aliphatic carbocycles. The van der Waals surface area contributed by atoms with Gasteiger partial charge in [-0.15, -0.1) is 0 Å².